The maximum Gasteiger partial charge on any atom is 0.269 e. The van der Waals surface area contributed by atoms with Crippen molar-refractivity contribution >= 4 is 30.7 Å². The third-order valence-electron chi connectivity index (χ3n) is 2.82. The second kappa shape index (κ2) is 11.8. The van der Waals surface area contributed by atoms with Crippen LogP contribution in [0.1, 0.15) is 10.5 Å². The fraction of sp³-hybridized carbons (Fsp3) is 0.357. The van der Waals surface area contributed by atoms with Crippen LogP contribution in [0, 0.1) is 0 Å². The zero-order chi connectivity index (χ0) is 14.9. The lowest BCUT2D eigenvalue weighted by Crippen LogP contribution is -2.33. The molecule has 0 aliphatic rings. The summed E-state index contributed by atoms with van der Waals surface area (Å²) in [6, 6.07) is 5.34. The highest BCUT2D eigenvalue weighted by Gasteiger charge is 2.08. The number of nitrogens with zero attached hydrogens (tertiary/aromatic N) is 3. The number of hydrogen-bond acceptors (Lipinski definition) is 5. The fourth-order valence-electron chi connectivity index (χ4n) is 1.76. The van der Waals surface area contributed by atoms with Crippen molar-refractivity contribution in [2.45, 2.75) is 0 Å². The van der Waals surface area contributed by atoms with E-state index < -0.39 is 0 Å². The summed E-state index contributed by atoms with van der Waals surface area (Å²) < 4.78 is 6.60. The molecule has 0 bridgehead atoms. The highest BCUT2D eigenvalue weighted by Crippen LogP contribution is 2.06. The molecule has 0 fully saturated rings. The molecule has 0 unspecified atom stereocenters. The lowest BCUT2D eigenvalue weighted by molar-refractivity contribution is 0.0948. The molecule has 23 heavy (non-hydrogen) atoms. The molecule has 0 spiro atoms. The standard InChI is InChI=1S/C14H19N5O2.2ClH/c1-21-10-8-15-6-7-17-14(20)13-11-12(3-5-16-13)19-9-2-4-18-19;;/h2-5,9,11,15H,6-8,10H2,1H3,(H,17,20);2*1H. The SMILES string of the molecule is COCCNCCNC(=O)c1cc(-n2cccn2)ccn1.Cl.Cl. The summed E-state index contributed by atoms with van der Waals surface area (Å²) in [6.07, 6.45) is 5.10. The Labute approximate surface area is 147 Å². The number of ether oxygens (including phenoxy) is 1. The Balaban J connectivity index is 0.00000242. The number of aromatic nitrogens is 3. The number of pyridine rings is 1. The smallest absolute Gasteiger partial charge is 0.269 e. The van der Waals surface area contributed by atoms with Crippen LogP contribution in [0.2, 0.25) is 0 Å². The van der Waals surface area contributed by atoms with Crippen molar-refractivity contribution in [3.8, 4) is 5.69 Å². The molecular weight excluding hydrogens is 341 g/mol. The normalized spacial score (nSPS) is 9.61. The quantitative estimate of drug-likeness (QED) is 0.687. The molecular formula is C14H21Cl2N5O2. The molecule has 0 atom stereocenters. The van der Waals surface area contributed by atoms with Gasteiger partial charge in [0.15, 0.2) is 0 Å². The van der Waals surface area contributed by atoms with Crippen molar-refractivity contribution in [3.05, 3.63) is 42.5 Å². The van der Waals surface area contributed by atoms with Gasteiger partial charge in [-0.25, -0.2) is 4.68 Å². The lowest BCUT2D eigenvalue weighted by atomic mass is 10.3. The van der Waals surface area contributed by atoms with Crippen molar-refractivity contribution in [2.75, 3.05) is 33.4 Å². The van der Waals surface area contributed by atoms with Gasteiger partial charge in [-0.3, -0.25) is 9.78 Å². The summed E-state index contributed by atoms with van der Waals surface area (Å²) in [6.45, 7) is 2.64. The van der Waals surface area contributed by atoms with Crippen LogP contribution in [-0.2, 0) is 4.74 Å². The van der Waals surface area contributed by atoms with Crippen LogP contribution < -0.4 is 10.6 Å². The number of rotatable bonds is 8. The molecule has 1 amide bonds. The van der Waals surface area contributed by atoms with Crippen molar-refractivity contribution in [2.24, 2.45) is 0 Å². The molecule has 2 heterocycles. The van der Waals surface area contributed by atoms with Crippen molar-refractivity contribution in [1.29, 1.82) is 0 Å². The largest absolute Gasteiger partial charge is 0.383 e. The zero-order valence-corrected chi connectivity index (χ0v) is 14.4. The van der Waals surface area contributed by atoms with Gasteiger partial charge in [-0.1, -0.05) is 0 Å². The van der Waals surface area contributed by atoms with E-state index in [9.17, 15) is 4.79 Å². The van der Waals surface area contributed by atoms with Crippen LogP contribution in [-0.4, -0.2) is 54.0 Å². The molecule has 2 aromatic heterocycles. The topological polar surface area (TPSA) is 81.1 Å². The predicted octanol–water partition coefficient (Wildman–Crippen LogP) is 1.08. The van der Waals surface area contributed by atoms with Gasteiger partial charge in [-0.05, 0) is 18.2 Å². The first-order valence-corrected chi connectivity index (χ1v) is 6.75. The molecule has 0 saturated carbocycles. The summed E-state index contributed by atoms with van der Waals surface area (Å²) in [5, 5.41) is 10.1. The van der Waals surface area contributed by atoms with E-state index in [1.807, 2.05) is 12.3 Å². The van der Waals surface area contributed by atoms with Gasteiger partial charge in [0.1, 0.15) is 5.69 Å². The van der Waals surface area contributed by atoms with E-state index >= 15 is 0 Å². The second-order valence-corrected chi connectivity index (χ2v) is 4.35. The van der Waals surface area contributed by atoms with Gasteiger partial charge in [0.05, 0.1) is 12.3 Å². The highest BCUT2D eigenvalue weighted by molar-refractivity contribution is 5.92. The third kappa shape index (κ3) is 6.96. The van der Waals surface area contributed by atoms with Crippen molar-refractivity contribution in [1.82, 2.24) is 25.4 Å². The van der Waals surface area contributed by atoms with E-state index in [0.29, 0.717) is 25.4 Å². The van der Waals surface area contributed by atoms with E-state index in [-0.39, 0.29) is 30.7 Å². The Morgan fingerprint density at radius 1 is 1.26 bits per heavy atom. The van der Waals surface area contributed by atoms with Crippen LogP contribution >= 0.6 is 24.8 Å². The summed E-state index contributed by atoms with van der Waals surface area (Å²) in [4.78, 5) is 16.1. The molecule has 128 valence electrons. The summed E-state index contributed by atoms with van der Waals surface area (Å²) >= 11 is 0. The van der Waals surface area contributed by atoms with Gasteiger partial charge >= 0.3 is 0 Å². The number of carbonyl (C=O) groups is 1. The van der Waals surface area contributed by atoms with Crippen LogP contribution in [0.5, 0.6) is 0 Å². The first-order valence-electron chi connectivity index (χ1n) is 6.75. The van der Waals surface area contributed by atoms with E-state index in [2.05, 4.69) is 20.7 Å². The zero-order valence-electron chi connectivity index (χ0n) is 12.8. The van der Waals surface area contributed by atoms with Gasteiger partial charge in [-0.15, -0.1) is 24.8 Å². The Kier molecular flexibility index (Phi) is 11.0. The van der Waals surface area contributed by atoms with Crippen molar-refractivity contribution < 1.29 is 9.53 Å². The molecule has 9 heteroatoms. The lowest BCUT2D eigenvalue weighted by Gasteiger charge is -2.07. The Morgan fingerprint density at radius 3 is 2.78 bits per heavy atom. The first-order chi connectivity index (χ1) is 10.3. The van der Waals surface area contributed by atoms with Crippen molar-refractivity contribution in [3.63, 3.8) is 0 Å². The van der Waals surface area contributed by atoms with Crippen LogP contribution in [0.3, 0.4) is 0 Å². The van der Waals surface area contributed by atoms with Gasteiger partial charge in [-0.2, -0.15) is 5.10 Å². The molecule has 0 saturated heterocycles. The number of methoxy groups -OCH3 is 1. The molecule has 0 aromatic carbocycles. The number of nitrogens with one attached hydrogen (secondary N) is 2. The summed E-state index contributed by atoms with van der Waals surface area (Å²) in [7, 11) is 1.65. The Hall–Kier alpha value is -1.67. The fourth-order valence-corrected chi connectivity index (χ4v) is 1.76. The van der Waals surface area contributed by atoms with E-state index in [1.54, 1.807) is 36.3 Å². The first kappa shape index (κ1) is 21.3. The monoisotopic (exact) mass is 361 g/mol. The average Bonchev–Trinajstić information content (AvgIpc) is 3.05. The predicted molar refractivity (Wildman–Crippen MR) is 92.9 cm³/mol. The molecule has 0 aliphatic heterocycles. The number of amides is 1. The van der Waals surface area contributed by atoms with Crippen LogP contribution in [0.15, 0.2) is 36.8 Å². The summed E-state index contributed by atoms with van der Waals surface area (Å²) in [5.74, 6) is -0.197. The third-order valence-corrected chi connectivity index (χ3v) is 2.82. The minimum Gasteiger partial charge on any atom is -0.383 e. The molecule has 0 radical (unpaired) electrons. The van der Waals surface area contributed by atoms with E-state index in [0.717, 1.165) is 12.2 Å². The highest BCUT2D eigenvalue weighted by atomic mass is 35.5. The number of halogens is 2. The molecule has 2 aromatic rings. The molecule has 0 aliphatic carbocycles. The number of carbonyl (C=O) groups excluding carboxylic acids is 1. The van der Waals surface area contributed by atoms with Gasteiger partial charge in [0.2, 0.25) is 0 Å². The maximum absolute atomic E-state index is 12.0. The van der Waals surface area contributed by atoms with E-state index in [1.165, 1.54) is 0 Å². The molecule has 7 nitrogen and oxygen atoms in total. The average molecular weight is 362 g/mol. The second-order valence-electron chi connectivity index (χ2n) is 4.35. The van der Waals surface area contributed by atoms with Crippen LogP contribution in [0.25, 0.3) is 5.69 Å². The van der Waals surface area contributed by atoms with Gasteiger partial charge < -0.3 is 15.4 Å². The summed E-state index contributed by atoms with van der Waals surface area (Å²) in [5.41, 5.74) is 1.18. The van der Waals surface area contributed by atoms with E-state index in [4.69, 9.17) is 4.74 Å². The van der Waals surface area contributed by atoms with Crippen LogP contribution in [0.4, 0.5) is 0 Å². The maximum atomic E-state index is 12.0. The minimum atomic E-state index is -0.197. The Bertz CT molecular complexity index is 566. The molecule has 2 rings (SSSR count). The minimum absolute atomic E-state index is 0. The molecule has 2 N–H and O–H groups in total. The van der Waals surface area contributed by atoms with Gasteiger partial charge in [0, 0.05) is 45.3 Å². The number of hydrogen-bond donors (Lipinski definition) is 2. The Morgan fingerprint density at radius 2 is 2.09 bits per heavy atom. The van der Waals surface area contributed by atoms with Gasteiger partial charge in [0.25, 0.3) is 5.91 Å².